The lowest BCUT2D eigenvalue weighted by Crippen LogP contribution is -2.50. The normalized spacial score (nSPS) is 27.2. The molecule has 0 saturated carbocycles. The van der Waals surface area contributed by atoms with Crippen LogP contribution in [0.25, 0.3) is 5.57 Å². The standard InChI is InChI=1S/C19H21F2NO3/c20-18(21)25-14-3-1-13-2-4-15(16(13)11-14)17(23)24-12-19-5-8-22(9-6-19)10-7-19/h1,3-4,11,18H,2,5-10,12H2. The maximum atomic E-state index is 12.6. The van der Waals surface area contributed by atoms with Crippen molar-refractivity contribution < 1.29 is 23.0 Å². The molecular weight excluding hydrogens is 328 g/mol. The number of piperidine rings is 3. The zero-order valence-corrected chi connectivity index (χ0v) is 14.0. The minimum atomic E-state index is -2.88. The van der Waals surface area contributed by atoms with Crippen molar-refractivity contribution in [2.24, 2.45) is 5.41 Å². The van der Waals surface area contributed by atoms with E-state index in [2.05, 4.69) is 9.64 Å². The molecule has 1 aliphatic carbocycles. The summed E-state index contributed by atoms with van der Waals surface area (Å²) in [7, 11) is 0. The number of fused-ring (bicyclic) bond motifs is 4. The molecule has 0 aromatic heterocycles. The highest BCUT2D eigenvalue weighted by atomic mass is 19.3. The molecule has 3 aliphatic heterocycles. The first-order valence-electron chi connectivity index (χ1n) is 8.72. The summed E-state index contributed by atoms with van der Waals surface area (Å²) in [6.45, 7) is 0.807. The highest BCUT2D eigenvalue weighted by molar-refractivity contribution is 6.18. The van der Waals surface area contributed by atoms with Gasteiger partial charge in [0.15, 0.2) is 0 Å². The fraction of sp³-hybridized carbons (Fsp3) is 0.526. The Kier molecular flexibility index (Phi) is 4.23. The zero-order chi connectivity index (χ0) is 17.4. The first-order chi connectivity index (χ1) is 12.0. The molecule has 4 nitrogen and oxygen atoms in total. The average Bonchev–Trinajstić information content (AvgIpc) is 3.04. The van der Waals surface area contributed by atoms with Gasteiger partial charge in [0.2, 0.25) is 0 Å². The number of carbonyl (C=O) groups excluding carboxylic acids is 1. The van der Waals surface area contributed by atoms with Gasteiger partial charge in [-0.05, 0) is 68.6 Å². The predicted octanol–water partition coefficient (Wildman–Crippen LogP) is 3.26. The predicted molar refractivity (Wildman–Crippen MR) is 88.4 cm³/mol. The van der Waals surface area contributed by atoms with Crippen LogP contribution in [0, 0.1) is 5.41 Å². The van der Waals surface area contributed by atoms with Crippen LogP contribution in [0.15, 0.2) is 24.3 Å². The Morgan fingerprint density at radius 2 is 1.92 bits per heavy atom. The Labute approximate surface area is 145 Å². The number of carbonyl (C=O) groups is 1. The molecule has 1 aromatic rings. The van der Waals surface area contributed by atoms with Gasteiger partial charge in [0.05, 0.1) is 12.2 Å². The van der Waals surface area contributed by atoms with E-state index in [1.54, 1.807) is 12.1 Å². The van der Waals surface area contributed by atoms with Crippen LogP contribution in [0.3, 0.4) is 0 Å². The quantitative estimate of drug-likeness (QED) is 0.765. The van der Waals surface area contributed by atoms with Gasteiger partial charge >= 0.3 is 12.6 Å². The highest BCUT2D eigenvalue weighted by Crippen LogP contribution is 2.41. The van der Waals surface area contributed by atoms with Crippen molar-refractivity contribution in [3.8, 4) is 5.75 Å². The van der Waals surface area contributed by atoms with E-state index in [-0.39, 0.29) is 17.1 Å². The number of alkyl halides is 2. The molecule has 2 bridgehead atoms. The first kappa shape index (κ1) is 16.5. The van der Waals surface area contributed by atoms with Gasteiger partial charge in [0.1, 0.15) is 5.75 Å². The summed E-state index contributed by atoms with van der Waals surface area (Å²) in [5, 5.41) is 0. The fourth-order valence-electron chi connectivity index (χ4n) is 4.08. The third-order valence-corrected chi connectivity index (χ3v) is 5.73. The van der Waals surface area contributed by atoms with Crippen LogP contribution >= 0.6 is 0 Å². The van der Waals surface area contributed by atoms with E-state index in [4.69, 9.17) is 4.74 Å². The smallest absolute Gasteiger partial charge is 0.387 e. The molecule has 0 unspecified atom stereocenters. The van der Waals surface area contributed by atoms with E-state index in [1.165, 1.54) is 12.1 Å². The van der Waals surface area contributed by atoms with Crippen molar-refractivity contribution in [2.45, 2.75) is 32.3 Å². The lowest BCUT2D eigenvalue weighted by atomic mass is 9.73. The number of halogens is 2. The molecule has 0 amide bonds. The molecular formula is C19H21F2NO3. The average molecular weight is 349 g/mol. The Morgan fingerprint density at radius 3 is 2.60 bits per heavy atom. The number of benzene rings is 1. The maximum Gasteiger partial charge on any atom is 0.387 e. The van der Waals surface area contributed by atoms with E-state index in [9.17, 15) is 13.6 Å². The van der Waals surface area contributed by atoms with Crippen molar-refractivity contribution in [2.75, 3.05) is 26.2 Å². The number of hydrogen-bond acceptors (Lipinski definition) is 4. The Morgan fingerprint density at radius 1 is 1.20 bits per heavy atom. The molecule has 0 radical (unpaired) electrons. The molecule has 134 valence electrons. The minimum absolute atomic E-state index is 0.0626. The number of esters is 1. The van der Waals surface area contributed by atoms with E-state index in [1.807, 2.05) is 0 Å². The second-order valence-electron chi connectivity index (χ2n) is 7.19. The monoisotopic (exact) mass is 349 g/mol. The van der Waals surface area contributed by atoms with Gasteiger partial charge in [-0.3, -0.25) is 0 Å². The maximum absolute atomic E-state index is 12.6. The molecule has 25 heavy (non-hydrogen) atoms. The van der Waals surface area contributed by atoms with Gasteiger partial charge in [0.25, 0.3) is 0 Å². The second kappa shape index (κ2) is 6.41. The Hall–Kier alpha value is -1.95. The van der Waals surface area contributed by atoms with Crippen molar-refractivity contribution in [3.63, 3.8) is 0 Å². The van der Waals surface area contributed by atoms with Crippen LogP contribution in [0.1, 0.15) is 30.4 Å². The third kappa shape index (κ3) is 3.27. The van der Waals surface area contributed by atoms with Gasteiger partial charge in [-0.25, -0.2) is 4.79 Å². The summed E-state index contributed by atoms with van der Waals surface area (Å²) in [4.78, 5) is 15.0. The van der Waals surface area contributed by atoms with E-state index in [0.29, 0.717) is 24.2 Å². The molecule has 3 saturated heterocycles. The van der Waals surface area contributed by atoms with Crippen LogP contribution in [0.5, 0.6) is 5.75 Å². The molecule has 4 aliphatic rings. The van der Waals surface area contributed by atoms with Gasteiger partial charge in [-0.2, -0.15) is 8.78 Å². The topological polar surface area (TPSA) is 38.8 Å². The molecule has 3 heterocycles. The summed E-state index contributed by atoms with van der Waals surface area (Å²) in [5.41, 5.74) is 2.14. The zero-order valence-electron chi connectivity index (χ0n) is 14.0. The van der Waals surface area contributed by atoms with Crippen LogP contribution in [0.4, 0.5) is 8.78 Å². The molecule has 0 atom stereocenters. The van der Waals surface area contributed by atoms with Crippen LogP contribution in [-0.4, -0.2) is 43.7 Å². The number of nitrogens with zero attached hydrogens (tertiary/aromatic N) is 1. The fourth-order valence-corrected chi connectivity index (χ4v) is 4.08. The van der Waals surface area contributed by atoms with Crippen molar-refractivity contribution >= 4 is 11.5 Å². The number of rotatable bonds is 5. The van der Waals surface area contributed by atoms with Crippen molar-refractivity contribution in [1.82, 2.24) is 4.90 Å². The summed E-state index contributed by atoms with van der Waals surface area (Å²) >= 11 is 0. The molecule has 5 rings (SSSR count). The van der Waals surface area contributed by atoms with Crippen molar-refractivity contribution in [3.05, 3.63) is 35.4 Å². The van der Waals surface area contributed by atoms with Gasteiger partial charge in [-0.1, -0.05) is 12.1 Å². The first-order valence-corrected chi connectivity index (χ1v) is 8.72. The summed E-state index contributed by atoms with van der Waals surface area (Å²) < 4.78 is 34.9. The lowest BCUT2D eigenvalue weighted by Gasteiger charge is -2.47. The molecule has 0 N–H and O–H groups in total. The summed E-state index contributed by atoms with van der Waals surface area (Å²) in [6, 6.07) is 4.72. The number of ether oxygens (including phenoxy) is 2. The van der Waals surface area contributed by atoms with E-state index < -0.39 is 6.61 Å². The largest absolute Gasteiger partial charge is 0.461 e. The van der Waals surface area contributed by atoms with Crippen molar-refractivity contribution in [1.29, 1.82) is 0 Å². The van der Waals surface area contributed by atoms with Gasteiger partial charge in [-0.15, -0.1) is 0 Å². The molecule has 6 heteroatoms. The Bertz CT molecular complexity index is 695. The van der Waals surface area contributed by atoms with E-state index in [0.717, 1.165) is 44.5 Å². The number of allylic oxidation sites excluding steroid dienone is 1. The molecule has 0 spiro atoms. The SMILES string of the molecule is O=C(OCC12CCN(CC1)CC2)C1=CCc2ccc(OC(F)F)cc21. The van der Waals surface area contributed by atoms with E-state index >= 15 is 0 Å². The lowest BCUT2D eigenvalue weighted by molar-refractivity contribution is -0.143. The number of hydrogen-bond donors (Lipinski definition) is 0. The van der Waals surface area contributed by atoms with Gasteiger partial charge in [0, 0.05) is 5.41 Å². The Balaban J connectivity index is 1.44. The van der Waals surface area contributed by atoms with Gasteiger partial charge < -0.3 is 14.4 Å². The summed E-state index contributed by atoms with van der Waals surface area (Å²) in [5.74, 6) is -0.303. The minimum Gasteiger partial charge on any atom is -0.461 e. The third-order valence-electron chi connectivity index (χ3n) is 5.73. The molecule has 3 fully saturated rings. The van der Waals surface area contributed by atoms with Crippen LogP contribution in [-0.2, 0) is 16.0 Å². The second-order valence-corrected chi connectivity index (χ2v) is 7.19. The molecule has 1 aromatic carbocycles. The highest BCUT2D eigenvalue weighted by Gasteiger charge is 2.40. The summed E-state index contributed by atoms with van der Waals surface area (Å²) in [6.07, 6.45) is 5.63. The van der Waals surface area contributed by atoms with Crippen LogP contribution < -0.4 is 4.74 Å². The van der Waals surface area contributed by atoms with Crippen LogP contribution in [0.2, 0.25) is 0 Å².